The van der Waals surface area contributed by atoms with Crippen LogP contribution in [0.15, 0.2) is 54.6 Å². The maximum atomic E-state index is 14.0. The molecule has 2 fully saturated rings. The summed E-state index contributed by atoms with van der Waals surface area (Å²) in [5.41, 5.74) is 0.968. The zero-order valence-corrected chi connectivity index (χ0v) is 19.6. The highest BCUT2D eigenvalue weighted by molar-refractivity contribution is 5.92. The summed E-state index contributed by atoms with van der Waals surface area (Å²) < 4.78 is 5.79. The number of carbonyl (C=O) groups is 1. The van der Waals surface area contributed by atoms with E-state index in [-0.39, 0.29) is 5.91 Å². The van der Waals surface area contributed by atoms with Crippen LogP contribution >= 0.6 is 0 Å². The van der Waals surface area contributed by atoms with Crippen molar-refractivity contribution in [3.63, 3.8) is 0 Å². The number of amides is 1. The molecule has 1 N–H and O–H groups in total. The van der Waals surface area contributed by atoms with E-state index in [0.29, 0.717) is 12.6 Å². The lowest BCUT2D eigenvalue weighted by atomic mass is 9.79. The second kappa shape index (κ2) is 10.5. The minimum absolute atomic E-state index is 0.0156. The minimum atomic E-state index is -0.928. The Morgan fingerprint density at radius 3 is 2.28 bits per heavy atom. The van der Waals surface area contributed by atoms with E-state index < -0.39 is 5.54 Å². The lowest BCUT2D eigenvalue weighted by molar-refractivity contribution is -0.133. The summed E-state index contributed by atoms with van der Waals surface area (Å²) in [7, 11) is 1.69. The maximum absolute atomic E-state index is 14.0. The predicted molar refractivity (Wildman–Crippen MR) is 129 cm³/mol. The highest BCUT2D eigenvalue weighted by Gasteiger charge is 2.49. The Bertz CT molecular complexity index is 873. The Hall–Kier alpha value is -2.37. The third-order valence-corrected chi connectivity index (χ3v) is 7.23. The number of piperazine rings is 1. The smallest absolute Gasteiger partial charge is 0.249 e. The van der Waals surface area contributed by atoms with Gasteiger partial charge in [-0.2, -0.15) is 0 Å². The van der Waals surface area contributed by atoms with Gasteiger partial charge in [0, 0.05) is 44.3 Å². The van der Waals surface area contributed by atoms with Crippen LogP contribution < -0.4 is 10.1 Å². The molecule has 0 radical (unpaired) electrons. The van der Waals surface area contributed by atoms with Crippen LogP contribution in [0.25, 0.3) is 0 Å². The Morgan fingerprint density at radius 2 is 1.62 bits per heavy atom. The number of benzene rings is 2. The molecule has 2 aromatic carbocycles. The first kappa shape index (κ1) is 22.8. The van der Waals surface area contributed by atoms with Gasteiger partial charge >= 0.3 is 0 Å². The molecule has 1 heterocycles. The average Bonchev–Trinajstić information content (AvgIpc) is 2.87. The number of nitrogens with one attached hydrogen (secondary N) is 1. The van der Waals surface area contributed by atoms with Crippen molar-refractivity contribution in [2.75, 3.05) is 39.8 Å². The zero-order valence-electron chi connectivity index (χ0n) is 19.6. The van der Waals surface area contributed by atoms with E-state index in [2.05, 4.69) is 33.3 Å². The van der Waals surface area contributed by atoms with Gasteiger partial charge in [0.25, 0.3) is 0 Å². The molecule has 0 spiro atoms. The van der Waals surface area contributed by atoms with Crippen molar-refractivity contribution in [3.8, 4) is 5.75 Å². The highest BCUT2D eigenvalue weighted by atomic mass is 16.5. The van der Waals surface area contributed by atoms with Gasteiger partial charge in [-0.3, -0.25) is 14.6 Å². The van der Waals surface area contributed by atoms with Gasteiger partial charge in [0.2, 0.25) is 5.91 Å². The summed E-state index contributed by atoms with van der Waals surface area (Å²) >= 11 is 0. The normalized spacial score (nSPS) is 20.4. The number of hydrogen-bond acceptors (Lipinski definition) is 4. The molecule has 0 aromatic heterocycles. The van der Waals surface area contributed by atoms with Crippen molar-refractivity contribution >= 4 is 5.91 Å². The fourth-order valence-corrected chi connectivity index (χ4v) is 5.69. The van der Waals surface area contributed by atoms with Gasteiger partial charge in [0.05, 0.1) is 7.11 Å². The first-order valence-corrected chi connectivity index (χ1v) is 12.2. The standard InChI is InChI=1S/C27H37N3O2/c1-3-28-26(31)27(22-12-6-4-7-13-22,24-16-10-11-17-25(24)32-2)30-20-18-29(19-21-30)23-14-8-5-9-15-23/h4,6-7,10-13,16-17,23H,3,5,8-9,14-15,18-21H2,1-2H3,(H,28,31). The number of para-hydroxylation sites is 1. The van der Waals surface area contributed by atoms with Crippen molar-refractivity contribution in [2.45, 2.75) is 50.6 Å². The molecule has 1 saturated carbocycles. The second-order valence-electron chi connectivity index (χ2n) is 8.95. The summed E-state index contributed by atoms with van der Waals surface area (Å²) in [6.45, 7) is 6.25. The van der Waals surface area contributed by atoms with E-state index in [1.807, 2.05) is 43.3 Å². The Morgan fingerprint density at radius 1 is 0.969 bits per heavy atom. The molecule has 0 bridgehead atoms. The van der Waals surface area contributed by atoms with E-state index in [1.54, 1.807) is 7.11 Å². The molecule has 32 heavy (non-hydrogen) atoms. The number of hydrogen-bond donors (Lipinski definition) is 1. The molecule has 1 unspecified atom stereocenters. The van der Waals surface area contributed by atoms with E-state index in [4.69, 9.17) is 4.74 Å². The van der Waals surface area contributed by atoms with E-state index in [1.165, 1.54) is 32.1 Å². The quantitative estimate of drug-likeness (QED) is 0.713. The maximum Gasteiger partial charge on any atom is 0.249 e. The van der Waals surface area contributed by atoms with Gasteiger partial charge < -0.3 is 10.1 Å². The summed E-state index contributed by atoms with van der Waals surface area (Å²) in [5.74, 6) is 0.763. The SMILES string of the molecule is CCNC(=O)C(c1ccccc1)(c1ccccc1OC)N1CCN(C2CCCCC2)CC1. The van der Waals surface area contributed by atoms with Gasteiger partial charge in [0.1, 0.15) is 5.75 Å². The van der Waals surface area contributed by atoms with Crippen molar-refractivity contribution in [1.82, 2.24) is 15.1 Å². The lowest BCUT2D eigenvalue weighted by Gasteiger charge is -2.49. The summed E-state index contributed by atoms with van der Waals surface area (Å²) in [5, 5.41) is 3.16. The number of carbonyl (C=O) groups excluding carboxylic acids is 1. The topological polar surface area (TPSA) is 44.8 Å². The molecular weight excluding hydrogens is 398 g/mol. The number of methoxy groups -OCH3 is 1. The molecule has 4 rings (SSSR count). The van der Waals surface area contributed by atoms with Crippen molar-refractivity contribution in [1.29, 1.82) is 0 Å². The third kappa shape index (κ3) is 4.28. The van der Waals surface area contributed by atoms with Crippen molar-refractivity contribution in [2.24, 2.45) is 0 Å². The zero-order chi connectivity index (χ0) is 22.4. The summed E-state index contributed by atoms with van der Waals surface area (Å²) in [6.07, 6.45) is 6.69. The largest absolute Gasteiger partial charge is 0.496 e. The third-order valence-electron chi connectivity index (χ3n) is 7.23. The van der Waals surface area contributed by atoms with Gasteiger partial charge in [-0.1, -0.05) is 67.8 Å². The number of nitrogens with zero attached hydrogens (tertiary/aromatic N) is 2. The van der Waals surface area contributed by atoms with Gasteiger partial charge in [0.15, 0.2) is 5.54 Å². The monoisotopic (exact) mass is 435 g/mol. The first-order chi connectivity index (χ1) is 15.7. The molecule has 5 heteroatoms. The molecule has 5 nitrogen and oxygen atoms in total. The van der Waals surface area contributed by atoms with E-state index >= 15 is 0 Å². The lowest BCUT2D eigenvalue weighted by Crippen LogP contribution is -2.63. The van der Waals surface area contributed by atoms with Crippen LogP contribution in [0.5, 0.6) is 5.75 Å². The predicted octanol–water partition coefficient (Wildman–Crippen LogP) is 4.03. The van der Waals surface area contributed by atoms with Crippen LogP contribution in [-0.2, 0) is 10.3 Å². The molecule has 1 atom stereocenters. The van der Waals surface area contributed by atoms with Crippen LogP contribution in [0.3, 0.4) is 0 Å². The molecule has 172 valence electrons. The molecule has 1 aliphatic heterocycles. The van der Waals surface area contributed by atoms with Crippen molar-refractivity contribution in [3.05, 3.63) is 65.7 Å². The van der Waals surface area contributed by atoms with Crippen LogP contribution in [0, 0.1) is 0 Å². The van der Waals surface area contributed by atoms with E-state index in [9.17, 15) is 4.79 Å². The highest BCUT2D eigenvalue weighted by Crippen LogP contribution is 2.42. The van der Waals surface area contributed by atoms with Crippen LogP contribution in [-0.4, -0.2) is 61.6 Å². The Labute approximate surface area is 192 Å². The molecule has 2 aliphatic rings. The van der Waals surface area contributed by atoms with Crippen LogP contribution in [0.2, 0.25) is 0 Å². The van der Waals surface area contributed by atoms with E-state index in [0.717, 1.165) is 43.1 Å². The Balaban J connectivity index is 1.76. The summed E-state index contributed by atoms with van der Waals surface area (Å²) in [4.78, 5) is 19.0. The number of ether oxygens (including phenoxy) is 1. The van der Waals surface area contributed by atoms with Crippen LogP contribution in [0.4, 0.5) is 0 Å². The van der Waals surface area contributed by atoms with Gasteiger partial charge in [-0.15, -0.1) is 0 Å². The molecule has 1 saturated heterocycles. The average molecular weight is 436 g/mol. The second-order valence-corrected chi connectivity index (χ2v) is 8.95. The number of likely N-dealkylation sites (N-methyl/N-ethyl adjacent to an activating group) is 1. The minimum Gasteiger partial charge on any atom is -0.496 e. The summed E-state index contributed by atoms with van der Waals surface area (Å²) in [6, 6.07) is 18.9. The first-order valence-electron chi connectivity index (χ1n) is 12.2. The number of rotatable bonds is 7. The molecule has 2 aromatic rings. The molecule has 1 amide bonds. The fourth-order valence-electron chi connectivity index (χ4n) is 5.69. The molecule has 1 aliphatic carbocycles. The van der Waals surface area contributed by atoms with Crippen molar-refractivity contribution < 1.29 is 9.53 Å². The Kier molecular flexibility index (Phi) is 7.48. The van der Waals surface area contributed by atoms with Gasteiger partial charge in [-0.25, -0.2) is 0 Å². The fraction of sp³-hybridized carbons (Fsp3) is 0.519. The van der Waals surface area contributed by atoms with Gasteiger partial charge in [-0.05, 0) is 31.4 Å². The molecular formula is C27H37N3O2. The van der Waals surface area contributed by atoms with Crippen LogP contribution in [0.1, 0.15) is 50.2 Å².